The molecule has 0 unspecified atom stereocenters. The highest BCUT2D eigenvalue weighted by molar-refractivity contribution is 8.18. The van der Waals surface area contributed by atoms with Gasteiger partial charge >= 0.3 is 0 Å². The quantitative estimate of drug-likeness (QED) is 0.383. The number of nitrogens with zero attached hydrogens (tertiary/aromatic N) is 3. The summed E-state index contributed by atoms with van der Waals surface area (Å²) in [6.45, 7) is 3.06. The minimum Gasteiger partial charge on any atom is -0.383 e. The van der Waals surface area contributed by atoms with E-state index < -0.39 is 0 Å². The Balaban J connectivity index is 1.66. The number of carbonyl (C=O) groups excluding carboxylic acids is 2. The first kappa shape index (κ1) is 24.1. The number of aliphatic imine (C=N–C) groups is 1. The summed E-state index contributed by atoms with van der Waals surface area (Å²) in [6.07, 6.45) is 1.89. The normalized spacial score (nSPS) is 16.2. The average Bonchev–Trinajstić information content (AvgIpc) is 3.24. The highest BCUT2D eigenvalue weighted by Gasteiger charge is 2.31. The van der Waals surface area contributed by atoms with Crippen LogP contribution < -0.4 is 5.32 Å². The summed E-state index contributed by atoms with van der Waals surface area (Å²) in [4.78, 5) is 32.2. The molecule has 1 N–H and O–H groups in total. The van der Waals surface area contributed by atoms with Gasteiger partial charge in [0.1, 0.15) is 6.54 Å². The summed E-state index contributed by atoms with van der Waals surface area (Å²) in [5.74, 6) is -0.213. The number of amides is 2. The predicted octanol–water partition coefficient (Wildman–Crippen LogP) is 4.60. The van der Waals surface area contributed by atoms with Gasteiger partial charge in [-0.05, 0) is 55.1 Å². The van der Waals surface area contributed by atoms with Crippen molar-refractivity contribution in [3.8, 4) is 0 Å². The van der Waals surface area contributed by atoms with E-state index in [-0.39, 0.29) is 18.4 Å². The molecule has 4 rings (SSSR count). The van der Waals surface area contributed by atoms with Crippen LogP contribution in [0.2, 0.25) is 5.02 Å². The smallest absolute Gasteiger partial charge is 0.266 e. The van der Waals surface area contributed by atoms with Crippen molar-refractivity contribution in [3.63, 3.8) is 0 Å². The zero-order valence-electron chi connectivity index (χ0n) is 19.2. The second-order valence-electron chi connectivity index (χ2n) is 7.79. The van der Waals surface area contributed by atoms with Crippen molar-refractivity contribution < 1.29 is 14.3 Å². The average molecular weight is 497 g/mol. The van der Waals surface area contributed by atoms with Crippen molar-refractivity contribution in [2.24, 2.45) is 4.99 Å². The molecular formula is C25H25ClN4O3S. The number of carbonyl (C=O) groups is 2. The Morgan fingerprint density at radius 3 is 2.68 bits per heavy atom. The van der Waals surface area contributed by atoms with Gasteiger partial charge in [0.2, 0.25) is 5.91 Å². The Morgan fingerprint density at radius 2 is 1.94 bits per heavy atom. The highest BCUT2D eigenvalue weighted by Crippen LogP contribution is 2.36. The van der Waals surface area contributed by atoms with Crippen LogP contribution in [0.1, 0.15) is 11.3 Å². The molecule has 0 aliphatic carbocycles. The van der Waals surface area contributed by atoms with Crippen LogP contribution >= 0.6 is 23.4 Å². The van der Waals surface area contributed by atoms with Gasteiger partial charge in [-0.15, -0.1) is 0 Å². The number of likely N-dealkylation sites (N-methyl/N-ethyl adjacent to an activating group) is 1. The summed E-state index contributed by atoms with van der Waals surface area (Å²) < 4.78 is 6.97. The standard InChI is InChI=1S/C25H25ClN4O3S/c1-16-20(19-6-4-5-7-21(19)30(16)15-23(31)27-12-13-33-3)14-22-24(32)29(2)25(34-22)28-18-10-8-17(26)9-11-18/h4-11,14H,12-13,15H2,1-3H3,(H,27,31)/b22-14-,28-25?. The number of aromatic nitrogens is 1. The number of rotatable bonds is 7. The van der Waals surface area contributed by atoms with Crippen molar-refractivity contribution in [2.45, 2.75) is 13.5 Å². The van der Waals surface area contributed by atoms with E-state index in [1.165, 1.54) is 11.8 Å². The number of halogens is 1. The van der Waals surface area contributed by atoms with E-state index >= 15 is 0 Å². The van der Waals surface area contributed by atoms with Crippen molar-refractivity contribution in [3.05, 3.63) is 69.7 Å². The molecule has 2 amide bonds. The Morgan fingerprint density at radius 1 is 1.21 bits per heavy atom. The number of benzene rings is 2. The van der Waals surface area contributed by atoms with Gasteiger partial charge in [0.05, 0.1) is 17.2 Å². The van der Waals surface area contributed by atoms with Gasteiger partial charge in [0.15, 0.2) is 5.17 Å². The summed E-state index contributed by atoms with van der Waals surface area (Å²) in [7, 11) is 3.31. The van der Waals surface area contributed by atoms with Crippen molar-refractivity contribution in [1.82, 2.24) is 14.8 Å². The van der Waals surface area contributed by atoms with Gasteiger partial charge in [-0.3, -0.25) is 14.5 Å². The lowest BCUT2D eigenvalue weighted by Gasteiger charge is -2.09. The number of hydrogen-bond donors (Lipinski definition) is 1. The highest BCUT2D eigenvalue weighted by atomic mass is 35.5. The molecule has 9 heteroatoms. The van der Waals surface area contributed by atoms with E-state index in [0.717, 1.165) is 27.8 Å². The third-order valence-corrected chi connectivity index (χ3v) is 6.85. The minimum atomic E-state index is -0.119. The largest absolute Gasteiger partial charge is 0.383 e. The topological polar surface area (TPSA) is 75.9 Å². The van der Waals surface area contributed by atoms with Gasteiger partial charge in [0, 0.05) is 47.9 Å². The van der Waals surface area contributed by atoms with Gasteiger partial charge < -0.3 is 14.6 Å². The number of amidine groups is 1. The lowest BCUT2D eigenvalue weighted by atomic mass is 10.1. The number of methoxy groups -OCH3 is 1. The number of ether oxygens (including phenoxy) is 1. The monoisotopic (exact) mass is 496 g/mol. The fraction of sp³-hybridized carbons (Fsp3) is 0.240. The maximum absolute atomic E-state index is 13.0. The first-order valence-corrected chi connectivity index (χ1v) is 11.9. The molecule has 34 heavy (non-hydrogen) atoms. The predicted molar refractivity (Wildman–Crippen MR) is 138 cm³/mol. The van der Waals surface area contributed by atoms with Crippen LogP contribution in [0.5, 0.6) is 0 Å². The van der Waals surface area contributed by atoms with Gasteiger partial charge in [0.25, 0.3) is 5.91 Å². The molecule has 1 aromatic heterocycles. The molecule has 1 saturated heterocycles. The number of para-hydroxylation sites is 1. The Bertz CT molecular complexity index is 1300. The fourth-order valence-corrected chi connectivity index (χ4v) is 4.84. The van der Waals surface area contributed by atoms with E-state index in [0.29, 0.717) is 28.2 Å². The van der Waals surface area contributed by atoms with Crippen molar-refractivity contribution >= 4 is 63.0 Å². The minimum absolute atomic E-state index is 0.0939. The first-order valence-electron chi connectivity index (χ1n) is 10.7. The molecule has 0 radical (unpaired) electrons. The Hall–Kier alpha value is -3.07. The van der Waals surface area contributed by atoms with Crippen LogP contribution in [0.4, 0.5) is 5.69 Å². The molecule has 0 bridgehead atoms. The van der Waals surface area contributed by atoms with E-state index in [9.17, 15) is 9.59 Å². The molecule has 1 aliphatic heterocycles. The lowest BCUT2D eigenvalue weighted by Crippen LogP contribution is -2.30. The Kier molecular flexibility index (Phi) is 7.41. The first-order chi connectivity index (χ1) is 16.4. The third-order valence-electron chi connectivity index (χ3n) is 5.54. The van der Waals surface area contributed by atoms with Crippen LogP contribution in [-0.2, 0) is 20.9 Å². The molecule has 3 aromatic rings. The van der Waals surface area contributed by atoms with Crippen LogP contribution in [0.3, 0.4) is 0 Å². The second-order valence-corrected chi connectivity index (χ2v) is 9.24. The zero-order chi connectivity index (χ0) is 24.2. The fourth-order valence-electron chi connectivity index (χ4n) is 3.74. The van der Waals surface area contributed by atoms with Crippen LogP contribution in [0, 0.1) is 6.92 Å². The van der Waals surface area contributed by atoms with Crippen LogP contribution in [0.15, 0.2) is 58.4 Å². The van der Waals surface area contributed by atoms with Gasteiger partial charge in [-0.2, -0.15) is 0 Å². The SMILES string of the molecule is COCCNC(=O)Cn1c(C)c(/C=C2\SC(=Nc3ccc(Cl)cc3)N(C)C2=O)c2ccccc21. The van der Waals surface area contributed by atoms with Crippen molar-refractivity contribution in [1.29, 1.82) is 0 Å². The maximum atomic E-state index is 13.0. The molecule has 0 saturated carbocycles. The molecule has 0 atom stereocenters. The molecule has 1 aliphatic rings. The molecular weight excluding hydrogens is 472 g/mol. The van der Waals surface area contributed by atoms with Gasteiger partial charge in [-0.25, -0.2) is 4.99 Å². The molecule has 2 heterocycles. The van der Waals surface area contributed by atoms with E-state index in [2.05, 4.69) is 10.3 Å². The number of hydrogen-bond acceptors (Lipinski definition) is 5. The van der Waals surface area contributed by atoms with E-state index in [1.807, 2.05) is 54.0 Å². The number of nitrogens with one attached hydrogen (secondary N) is 1. The van der Waals surface area contributed by atoms with Gasteiger partial charge in [-0.1, -0.05) is 29.8 Å². The summed E-state index contributed by atoms with van der Waals surface area (Å²) in [6, 6.07) is 15.0. The van der Waals surface area contributed by atoms with Crippen LogP contribution in [0.25, 0.3) is 17.0 Å². The molecule has 2 aromatic carbocycles. The summed E-state index contributed by atoms with van der Waals surface area (Å²) in [5.41, 5.74) is 3.49. The van der Waals surface area contributed by atoms with E-state index in [4.69, 9.17) is 16.3 Å². The summed E-state index contributed by atoms with van der Waals surface area (Å²) in [5, 5.41) is 5.07. The Labute approximate surface area is 207 Å². The number of fused-ring (bicyclic) bond motifs is 1. The lowest BCUT2D eigenvalue weighted by molar-refractivity contribution is -0.122. The third kappa shape index (κ3) is 5.04. The van der Waals surface area contributed by atoms with E-state index in [1.54, 1.807) is 31.2 Å². The molecule has 176 valence electrons. The zero-order valence-corrected chi connectivity index (χ0v) is 20.7. The molecule has 7 nitrogen and oxygen atoms in total. The van der Waals surface area contributed by atoms with Crippen LogP contribution in [-0.4, -0.2) is 53.8 Å². The molecule has 1 fully saturated rings. The number of thioether (sulfide) groups is 1. The second kappa shape index (κ2) is 10.5. The summed E-state index contributed by atoms with van der Waals surface area (Å²) >= 11 is 7.29. The molecule has 0 spiro atoms. The maximum Gasteiger partial charge on any atom is 0.266 e. The van der Waals surface area contributed by atoms with Crippen molar-refractivity contribution in [2.75, 3.05) is 27.3 Å².